The van der Waals surface area contributed by atoms with Gasteiger partial charge in [-0.1, -0.05) is 41.9 Å². The Balaban J connectivity index is 1.61. The third kappa shape index (κ3) is 6.23. The summed E-state index contributed by atoms with van der Waals surface area (Å²) < 4.78 is 47.1. The topological polar surface area (TPSA) is 134 Å². The molecule has 0 spiro atoms. The predicted octanol–water partition coefficient (Wildman–Crippen LogP) is 4.72. The summed E-state index contributed by atoms with van der Waals surface area (Å²) in [5, 5.41) is 14.4. The van der Waals surface area contributed by atoms with E-state index in [0.717, 1.165) is 34.9 Å². The molecule has 0 radical (unpaired) electrons. The first kappa shape index (κ1) is 26.1. The van der Waals surface area contributed by atoms with E-state index >= 15 is 0 Å². The molecule has 3 N–H and O–H groups in total. The molecule has 3 aromatic carbocycles. The lowest BCUT2D eigenvalue weighted by atomic mass is 10.0. The Labute approximate surface area is 219 Å². The molecule has 1 amide bonds. The van der Waals surface area contributed by atoms with E-state index in [-0.39, 0.29) is 25.5 Å². The lowest BCUT2D eigenvalue weighted by Crippen LogP contribution is -2.21. The van der Waals surface area contributed by atoms with Crippen LogP contribution in [-0.4, -0.2) is 38.2 Å². The number of hydrogen-bond donors (Lipinski definition) is 3. The Morgan fingerprint density at radius 3 is 2.62 bits per heavy atom. The maximum atomic E-state index is 14.0. The Bertz CT molecular complexity index is 1640. The molecule has 0 saturated heterocycles. The molecule has 4 rings (SSSR count). The zero-order valence-electron chi connectivity index (χ0n) is 18.6. The number of carboxylic acid groups (broad SMARTS) is 1. The van der Waals surface area contributed by atoms with Gasteiger partial charge in [-0.05, 0) is 47.2 Å². The van der Waals surface area contributed by atoms with E-state index in [2.05, 4.69) is 15.2 Å². The fraction of sp³-hybridized carbons (Fsp3) is 0.0417. The summed E-state index contributed by atoms with van der Waals surface area (Å²) in [5.74, 6) is -2.62. The van der Waals surface area contributed by atoms with E-state index in [1.54, 1.807) is 24.3 Å². The number of hydrogen-bond acceptors (Lipinski definition) is 7. The molecule has 190 valence electrons. The Morgan fingerprint density at radius 2 is 1.89 bits per heavy atom. The van der Waals surface area contributed by atoms with Gasteiger partial charge in [0.1, 0.15) is 15.8 Å². The van der Waals surface area contributed by atoms with Gasteiger partial charge in [-0.3, -0.25) is 9.52 Å². The van der Waals surface area contributed by atoms with Crippen molar-refractivity contribution in [2.75, 3.05) is 11.3 Å². The molecule has 0 saturated carbocycles. The lowest BCUT2D eigenvalue weighted by molar-refractivity contribution is -0.139. The fourth-order valence-electron chi connectivity index (χ4n) is 3.32. The van der Waals surface area contributed by atoms with Gasteiger partial charge in [0, 0.05) is 5.56 Å². The predicted molar refractivity (Wildman–Crippen MR) is 139 cm³/mol. The molecule has 0 aliphatic rings. The van der Waals surface area contributed by atoms with Gasteiger partial charge in [0.25, 0.3) is 15.9 Å². The number of fused-ring (bicyclic) bond motifs is 1. The average molecular weight is 562 g/mol. The van der Waals surface area contributed by atoms with E-state index < -0.39 is 34.3 Å². The van der Waals surface area contributed by atoms with Crippen LogP contribution in [0.3, 0.4) is 0 Å². The molecule has 1 heterocycles. The van der Waals surface area contributed by atoms with E-state index in [4.69, 9.17) is 21.4 Å². The zero-order chi connectivity index (χ0) is 26.6. The number of hydrazone groups is 1. The van der Waals surface area contributed by atoms with Crippen molar-refractivity contribution in [1.29, 1.82) is 0 Å². The van der Waals surface area contributed by atoms with Gasteiger partial charge in [-0.2, -0.15) is 5.10 Å². The van der Waals surface area contributed by atoms with Crippen LogP contribution in [0, 0.1) is 5.82 Å². The highest BCUT2D eigenvalue weighted by Gasteiger charge is 2.21. The van der Waals surface area contributed by atoms with Crippen LogP contribution in [0.2, 0.25) is 4.34 Å². The number of ether oxygens (including phenoxy) is 1. The molecule has 13 heteroatoms. The van der Waals surface area contributed by atoms with Gasteiger partial charge in [0.05, 0.1) is 21.8 Å². The van der Waals surface area contributed by atoms with Gasteiger partial charge < -0.3 is 9.84 Å². The molecule has 0 aliphatic carbocycles. The van der Waals surface area contributed by atoms with Gasteiger partial charge in [-0.25, -0.2) is 23.0 Å². The smallest absolute Gasteiger partial charge is 0.341 e. The second kappa shape index (κ2) is 10.9. The molecule has 0 atom stereocenters. The Morgan fingerprint density at radius 1 is 1.11 bits per heavy atom. The monoisotopic (exact) mass is 561 g/mol. The minimum absolute atomic E-state index is 0.0870. The largest absolute Gasteiger partial charge is 0.481 e. The van der Waals surface area contributed by atoms with Gasteiger partial charge in [0.2, 0.25) is 0 Å². The van der Waals surface area contributed by atoms with Crippen molar-refractivity contribution < 1.29 is 32.2 Å². The number of carbonyl (C=O) groups excluding carboxylic acids is 1. The summed E-state index contributed by atoms with van der Waals surface area (Å²) in [6, 6.07) is 16.2. The second-order valence-electron chi connectivity index (χ2n) is 7.43. The maximum absolute atomic E-state index is 14.0. The van der Waals surface area contributed by atoms with Crippen LogP contribution >= 0.6 is 22.9 Å². The number of rotatable bonds is 9. The van der Waals surface area contributed by atoms with Crippen LogP contribution in [0.5, 0.6) is 5.75 Å². The van der Waals surface area contributed by atoms with Gasteiger partial charge in [-0.15, -0.1) is 11.3 Å². The van der Waals surface area contributed by atoms with E-state index in [0.29, 0.717) is 10.9 Å². The molecule has 0 bridgehead atoms. The molecule has 0 unspecified atom stereocenters. The highest BCUT2D eigenvalue weighted by molar-refractivity contribution is 7.94. The number of nitrogens with one attached hydrogen (secondary N) is 2. The zero-order valence-corrected chi connectivity index (χ0v) is 21.0. The molecule has 4 aromatic rings. The summed E-state index contributed by atoms with van der Waals surface area (Å²) in [6.07, 6.45) is 1.26. The van der Waals surface area contributed by atoms with Crippen LogP contribution in [0.15, 0.2) is 76.0 Å². The van der Waals surface area contributed by atoms with Crippen molar-refractivity contribution in [3.63, 3.8) is 0 Å². The molecule has 1 aromatic heterocycles. The third-order valence-corrected chi connectivity index (χ3v) is 8.01. The fourth-order valence-corrected chi connectivity index (χ4v) is 5.88. The number of halogens is 2. The summed E-state index contributed by atoms with van der Waals surface area (Å²) >= 11 is 6.64. The molecule has 0 fully saturated rings. The quantitative estimate of drug-likeness (QED) is 0.200. The van der Waals surface area contributed by atoms with Crippen LogP contribution in [0.25, 0.3) is 10.8 Å². The molecular weight excluding hydrogens is 545 g/mol. The van der Waals surface area contributed by atoms with Gasteiger partial charge >= 0.3 is 5.97 Å². The summed E-state index contributed by atoms with van der Waals surface area (Å²) in [7, 11) is -4.09. The van der Waals surface area contributed by atoms with Crippen molar-refractivity contribution in [3.8, 4) is 5.75 Å². The first-order valence-corrected chi connectivity index (χ1v) is 13.1. The van der Waals surface area contributed by atoms with Crippen molar-refractivity contribution in [1.82, 2.24) is 5.43 Å². The maximum Gasteiger partial charge on any atom is 0.341 e. The standard InChI is InChI=1S/C24H17ClFN3O6S2/c25-21-9-10-23(36-21)37(33,34)29-19-7-6-15(26)11-17(19)24(32)28-27-12-18-16-4-2-1-3-14(16)5-8-20(18)35-13-22(30)31/h1-12,29H,13H2,(H,28,32)(H,30,31). The summed E-state index contributed by atoms with van der Waals surface area (Å²) in [6.45, 7) is -0.589. The number of carboxylic acids is 1. The number of benzene rings is 3. The number of anilines is 1. The number of nitrogens with zero attached hydrogens (tertiary/aromatic N) is 1. The van der Waals surface area contributed by atoms with Crippen LogP contribution in [-0.2, 0) is 14.8 Å². The minimum Gasteiger partial charge on any atom is -0.481 e. The average Bonchev–Trinajstić information content (AvgIpc) is 3.31. The van der Waals surface area contributed by atoms with Crippen molar-refractivity contribution in [2.24, 2.45) is 5.10 Å². The number of carbonyl (C=O) groups is 2. The third-order valence-electron chi connectivity index (χ3n) is 4.93. The highest BCUT2D eigenvalue weighted by atomic mass is 35.5. The highest BCUT2D eigenvalue weighted by Crippen LogP contribution is 2.29. The Hall–Kier alpha value is -4.00. The SMILES string of the molecule is O=C(O)COc1ccc2ccccc2c1C=NNC(=O)c1cc(F)ccc1NS(=O)(=O)c1ccc(Cl)s1. The second-order valence-corrected chi connectivity index (χ2v) is 11.1. The lowest BCUT2D eigenvalue weighted by Gasteiger charge is -2.12. The van der Waals surface area contributed by atoms with E-state index in [9.17, 15) is 22.4 Å². The summed E-state index contributed by atoms with van der Waals surface area (Å²) in [5.41, 5.74) is 2.15. The van der Waals surface area contributed by atoms with Crippen LogP contribution in [0.1, 0.15) is 15.9 Å². The molecule has 0 aliphatic heterocycles. The molecular formula is C24H17ClFN3O6S2. The normalized spacial score (nSPS) is 11.5. The first-order chi connectivity index (χ1) is 17.6. The van der Waals surface area contributed by atoms with E-state index in [1.165, 1.54) is 18.3 Å². The van der Waals surface area contributed by atoms with Crippen molar-refractivity contribution in [2.45, 2.75) is 4.21 Å². The number of amides is 1. The molecule has 9 nitrogen and oxygen atoms in total. The minimum atomic E-state index is -4.09. The molecule has 37 heavy (non-hydrogen) atoms. The number of thiophene rings is 1. The summed E-state index contributed by atoms with van der Waals surface area (Å²) in [4.78, 5) is 23.8. The van der Waals surface area contributed by atoms with Crippen LogP contribution < -0.4 is 14.9 Å². The first-order valence-electron chi connectivity index (χ1n) is 10.4. The number of sulfonamides is 1. The van der Waals surface area contributed by atoms with Gasteiger partial charge in [0.15, 0.2) is 6.61 Å². The Kier molecular flexibility index (Phi) is 7.71. The van der Waals surface area contributed by atoms with Crippen LogP contribution in [0.4, 0.5) is 10.1 Å². The van der Waals surface area contributed by atoms with Crippen molar-refractivity contribution >= 4 is 67.5 Å². The number of aliphatic carboxylic acids is 1. The van der Waals surface area contributed by atoms with E-state index in [1.807, 2.05) is 12.1 Å². The van der Waals surface area contributed by atoms with Crippen molar-refractivity contribution in [3.05, 3.63) is 88.0 Å².